The van der Waals surface area contributed by atoms with Gasteiger partial charge in [-0.25, -0.2) is 0 Å². The molecule has 82 valence electrons. The standard InChI is InChI=1S/C10H12BrNO2S/c11-7-1-3-8(4-2-7)15-6-5-9(12)10(13)14/h1-4,9H,5-6,12H2,(H,13,14). The largest absolute Gasteiger partial charge is 0.480 e. The number of carbonyl (C=O) groups is 1. The number of hydrogen-bond acceptors (Lipinski definition) is 3. The molecule has 0 amide bonds. The number of carboxylic acids is 1. The van der Waals surface area contributed by atoms with Gasteiger partial charge in [-0.3, -0.25) is 4.79 Å². The summed E-state index contributed by atoms with van der Waals surface area (Å²) in [6.07, 6.45) is 0.482. The van der Waals surface area contributed by atoms with E-state index in [0.717, 1.165) is 15.1 Å². The molecule has 3 nitrogen and oxygen atoms in total. The Morgan fingerprint density at radius 3 is 2.60 bits per heavy atom. The minimum absolute atomic E-state index is 0.482. The van der Waals surface area contributed by atoms with Gasteiger partial charge in [0.25, 0.3) is 0 Å². The molecule has 1 rings (SSSR count). The van der Waals surface area contributed by atoms with Crippen LogP contribution in [0.3, 0.4) is 0 Å². The summed E-state index contributed by atoms with van der Waals surface area (Å²) in [6.45, 7) is 0. The van der Waals surface area contributed by atoms with Crippen LogP contribution in [-0.4, -0.2) is 22.9 Å². The Balaban J connectivity index is 2.32. The second-order valence-corrected chi connectivity index (χ2v) is 5.12. The van der Waals surface area contributed by atoms with Crippen LogP contribution in [0.15, 0.2) is 33.6 Å². The highest BCUT2D eigenvalue weighted by Gasteiger charge is 2.10. The second-order valence-electron chi connectivity index (χ2n) is 3.04. The van der Waals surface area contributed by atoms with Crippen LogP contribution in [0.4, 0.5) is 0 Å². The van der Waals surface area contributed by atoms with Crippen LogP contribution in [0, 0.1) is 0 Å². The Kier molecular flexibility index (Phi) is 5.14. The zero-order chi connectivity index (χ0) is 11.3. The molecule has 0 bridgehead atoms. The summed E-state index contributed by atoms with van der Waals surface area (Å²) < 4.78 is 1.04. The molecule has 0 fully saturated rings. The highest BCUT2D eigenvalue weighted by molar-refractivity contribution is 9.10. The Morgan fingerprint density at radius 2 is 2.07 bits per heavy atom. The van der Waals surface area contributed by atoms with Crippen LogP contribution in [0.25, 0.3) is 0 Å². The first-order chi connectivity index (χ1) is 7.09. The maximum absolute atomic E-state index is 10.4. The molecule has 0 spiro atoms. The molecule has 5 heteroatoms. The van der Waals surface area contributed by atoms with Crippen LogP contribution >= 0.6 is 27.7 Å². The van der Waals surface area contributed by atoms with E-state index in [4.69, 9.17) is 10.8 Å². The van der Waals surface area contributed by atoms with Gasteiger partial charge in [-0.2, -0.15) is 0 Å². The average Bonchev–Trinajstić information content (AvgIpc) is 2.20. The van der Waals surface area contributed by atoms with Crippen LogP contribution in [-0.2, 0) is 4.79 Å². The molecule has 1 unspecified atom stereocenters. The van der Waals surface area contributed by atoms with Gasteiger partial charge in [0.2, 0.25) is 0 Å². The van der Waals surface area contributed by atoms with Crippen LogP contribution in [0.5, 0.6) is 0 Å². The molecule has 0 heterocycles. The van der Waals surface area contributed by atoms with E-state index in [-0.39, 0.29) is 0 Å². The van der Waals surface area contributed by atoms with Crippen molar-refractivity contribution < 1.29 is 9.90 Å². The van der Waals surface area contributed by atoms with Crippen molar-refractivity contribution in [3.8, 4) is 0 Å². The summed E-state index contributed by atoms with van der Waals surface area (Å²) in [5.74, 6) is -0.221. The zero-order valence-electron chi connectivity index (χ0n) is 8.02. The number of carboxylic acid groups (broad SMARTS) is 1. The maximum Gasteiger partial charge on any atom is 0.320 e. The molecule has 15 heavy (non-hydrogen) atoms. The summed E-state index contributed by atoms with van der Waals surface area (Å²) in [5.41, 5.74) is 5.38. The minimum atomic E-state index is -0.939. The number of halogens is 1. The highest BCUT2D eigenvalue weighted by atomic mass is 79.9. The minimum Gasteiger partial charge on any atom is -0.480 e. The molecule has 0 radical (unpaired) electrons. The van der Waals surface area contributed by atoms with Crippen molar-refractivity contribution in [2.45, 2.75) is 17.4 Å². The molecule has 0 aliphatic carbocycles. The number of benzene rings is 1. The number of aliphatic carboxylic acids is 1. The van der Waals surface area contributed by atoms with Gasteiger partial charge in [0, 0.05) is 15.1 Å². The third kappa shape index (κ3) is 4.68. The lowest BCUT2D eigenvalue weighted by atomic mass is 10.2. The normalized spacial score (nSPS) is 12.4. The summed E-state index contributed by atoms with van der Waals surface area (Å²) in [4.78, 5) is 11.6. The van der Waals surface area contributed by atoms with Gasteiger partial charge in [-0.15, -0.1) is 11.8 Å². The number of hydrogen-bond donors (Lipinski definition) is 2. The molecule has 1 aromatic rings. The molecule has 0 aliphatic heterocycles. The third-order valence-corrected chi connectivity index (χ3v) is 3.40. The zero-order valence-corrected chi connectivity index (χ0v) is 10.4. The summed E-state index contributed by atoms with van der Waals surface area (Å²) in [5, 5.41) is 8.58. The van der Waals surface area contributed by atoms with Crippen LogP contribution in [0.2, 0.25) is 0 Å². The van der Waals surface area contributed by atoms with Gasteiger partial charge < -0.3 is 10.8 Å². The lowest BCUT2D eigenvalue weighted by molar-refractivity contribution is -0.138. The summed E-state index contributed by atoms with van der Waals surface area (Å²) in [6, 6.07) is 7.13. The predicted octanol–water partition coefficient (Wildman–Crippen LogP) is 2.34. The fourth-order valence-corrected chi connectivity index (χ4v) is 2.16. The molecule has 0 aliphatic rings. The fraction of sp³-hybridized carbons (Fsp3) is 0.300. The second kappa shape index (κ2) is 6.15. The first kappa shape index (κ1) is 12.5. The van der Waals surface area contributed by atoms with Gasteiger partial charge in [-0.05, 0) is 30.7 Å². The van der Waals surface area contributed by atoms with E-state index in [9.17, 15) is 4.79 Å². The van der Waals surface area contributed by atoms with Crippen LogP contribution < -0.4 is 5.73 Å². The summed E-state index contributed by atoms with van der Waals surface area (Å²) >= 11 is 4.96. The molecule has 0 saturated carbocycles. The van der Waals surface area contributed by atoms with Crippen molar-refractivity contribution in [3.05, 3.63) is 28.7 Å². The van der Waals surface area contributed by atoms with E-state index in [0.29, 0.717) is 6.42 Å². The fourth-order valence-electron chi connectivity index (χ4n) is 0.958. The number of nitrogens with two attached hydrogens (primary N) is 1. The first-order valence-electron chi connectivity index (χ1n) is 4.46. The lowest BCUT2D eigenvalue weighted by Crippen LogP contribution is -2.30. The van der Waals surface area contributed by atoms with E-state index in [1.807, 2.05) is 24.3 Å². The van der Waals surface area contributed by atoms with E-state index in [1.54, 1.807) is 11.8 Å². The predicted molar refractivity (Wildman–Crippen MR) is 65.1 cm³/mol. The number of rotatable bonds is 5. The molecule has 0 aromatic heterocycles. The van der Waals surface area contributed by atoms with Crippen molar-refractivity contribution in [1.82, 2.24) is 0 Å². The molecular formula is C10H12BrNO2S. The topological polar surface area (TPSA) is 63.3 Å². The lowest BCUT2D eigenvalue weighted by Gasteiger charge is -2.05. The summed E-state index contributed by atoms with van der Waals surface area (Å²) in [7, 11) is 0. The van der Waals surface area contributed by atoms with Gasteiger partial charge in [-0.1, -0.05) is 15.9 Å². The molecule has 1 aromatic carbocycles. The van der Waals surface area contributed by atoms with Crippen molar-refractivity contribution in [1.29, 1.82) is 0 Å². The van der Waals surface area contributed by atoms with E-state index in [1.165, 1.54) is 0 Å². The Labute approximate surface area is 101 Å². The van der Waals surface area contributed by atoms with Gasteiger partial charge in [0.1, 0.15) is 6.04 Å². The van der Waals surface area contributed by atoms with Gasteiger partial charge >= 0.3 is 5.97 Å². The molecule has 1 atom stereocenters. The Hall–Kier alpha value is -0.520. The van der Waals surface area contributed by atoms with Gasteiger partial charge in [0.05, 0.1) is 0 Å². The highest BCUT2D eigenvalue weighted by Crippen LogP contribution is 2.21. The SMILES string of the molecule is NC(CCSc1ccc(Br)cc1)C(=O)O. The van der Waals surface area contributed by atoms with E-state index >= 15 is 0 Å². The van der Waals surface area contributed by atoms with Gasteiger partial charge in [0.15, 0.2) is 0 Å². The number of thioether (sulfide) groups is 1. The monoisotopic (exact) mass is 289 g/mol. The van der Waals surface area contributed by atoms with Crippen molar-refractivity contribution in [2.24, 2.45) is 5.73 Å². The third-order valence-electron chi connectivity index (χ3n) is 1.83. The smallest absolute Gasteiger partial charge is 0.320 e. The molecule has 0 saturated heterocycles. The molecular weight excluding hydrogens is 278 g/mol. The van der Waals surface area contributed by atoms with E-state index in [2.05, 4.69) is 15.9 Å². The maximum atomic E-state index is 10.4. The average molecular weight is 290 g/mol. The van der Waals surface area contributed by atoms with Crippen molar-refractivity contribution in [3.63, 3.8) is 0 Å². The van der Waals surface area contributed by atoms with Crippen molar-refractivity contribution >= 4 is 33.7 Å². The van der Waals surface area contributed by atoms with Crippen LogP contribution in [0.1, 0.15) is 6.42 Å². The Bertz CT molecular complexity index is 329. The van der Waals surface area contributed by atoms with Crippen molar-refractivity contribution in [2.75, 3.05) is 5.75 Å². The Morgan fingerprint density at radius 1 is 1.47 bits per heavy atom. The quantitative estimate of drug-likeness (QED) is 0.817. The molecule has 3 N–H and O–H groups in total. The first-order valence-corrected chi connectivity index (χ1v) is 6.24. The van der Waals surface area contributed by atoms with E-state index < -0.39 is 12.0 Å².